The van der Waals surface area contributed by atoms with Crippen molar-refractivity contribution in [3.63, 3.8) is 0 Å². The van der Waals surface area contributed by atoms with Gasteiger partial charge in [0.05, 0.1) is 33.7 Å². The van der Waals surface area contributed by atoms with E-state index in [9.17, 15) is 9.59 Å². The molecule has 3 aromatic rings. The van der Waals surface area contributed by atoms with E-state index in [2.05, 4.69) is 17.4 Å². The highest BCUT2D eigenvalue weighted by Gasteiger charge is 2.35. The number of amides is 2. The first-order valence-electron chi connectivity index (χ1n) is 11.4. The first-order chi connectivity index (χ1) is 16.5. The number of carbonyl (C=O) groups excluding carboxylic acids is 2. The summed E-state index contributed by atoms with van der Waals surface area (Å²) in [6, 6.07) is 16.1. The largest absolute Gasteiger partial charge is 0.493 e. The van der Waals surface area contributed by atoms with Crippen LogP contribution in [0.25, 0.3) is 21.9 Å². The lowest BCUT2D eigenvalue weighted by Gasteiger charge is -2.38. The molecule has 0 spiro atoms. The van der Waals surface area contributed by atoms with Crippen molar-refractivity contribution >= 4 is 22.6 Å². The normalized spacial score (nSPS) is 13.4. The number of nitrogens with one attached hydrogen (secondary N) is 1. The van der Waals surface area contributed by atoms with Crippen molar-refractivity contribution in [2.24, 2.45) is 5.92 Å². The van der Waals surface area contributed by atoms with Crippen molar-refractivity contribution in [1.82, 2.24) is 10.2 Å². The van der Waals surface area contributed by atoms with Gasteiger partial charge in [0.1, 0.15) is 0 Å². The fourth-order valence-electron chi connectivity index (χ4n) is 4.29. The van der Waals surface area contributed by atoms with E-state index < -0.39 is 0 Å². The van der Waals surface area contributed by atoms with Gasteiger partial charge in [0.2, 0.25) is 17.6 Å². The van der Waals surface area contributed by atoms with Gasteiger partial charge in [-0.2, -0.15) is 0 Å². The summed E-state index contributed by atoms with van der Waals surface area (Å²) in [6.07, 6.45) is 0.326. The molecule has 1 saturated heterocycles. The average molecular weight is 463 g/mol. The fraction of sp³-hybridized carbons (Fsp3) is 0.333. The van der Waals surface area contributed by atoms with Crippen LogP contribution < -0.4 is 19.5 Å². The minimum absolute atomic E-state index is 0.0279. The summed E-state index contributed by atoms with van der Waals surface area (Å²) in [4.78, 5) is 26.2. The monoisotopic (exact) mass is 462 g/mol. The smallest absolute Gasteiger partial charge is 0.227 e. The minimum Gasteiger partial charge on any atom is -0.493 e. The number of carbonyl (C=O) groups is 2. The molecule has 34 heavy (non-hydrogen) atoms. The van der Waals surface area contributed by atoms with E-state index in [1.165, 1.54) is 0 Å². The molecule has 1 fully saturated rings. The van der Waals surface area contributed by atoms with Crippen molar-refractivity contribution in [3.8, 4) is 28.4 Å². The van der Waals surface area contributed by atoms with Crippen LogP contribution in [0.5, 0.6) is 17.2 Å². The van der Waals surface area contributed by atoms with Crippen molar-refractivity contribution in [2.45, 2.75) is 13.3 Å². The van der Waals surface area contributed by atoms with Gasteiger partial charge in [0.25, 0.3) is 0 Å². The summed E-state index contributed by atoms with van der Waals surface area (Å²) in [6.45, 7) is 3.50. The van der Waals surface area contributed by atoms with Crippen LogP contribution in [0, 0.1) is 5.92 Å². The molecular formula is C27H30N2O5. The van der Waals surface area contributed by atoms with Gasteiger partial charge in [-0.25, -0.2) is 0 Å². The second-order valence-corrected chi connectivity index (χ2v) is 8.38. The van der Waals surface area contributed by atoms with Gasteiger partial charge in [0.15, 0.2) is 11.5 Å². The molecule has 0 atom stereocenters. The lowest BCUT2D eigenvalue weighted by molar-refractivity contribution is -0.142. The Hall–Kier alpha value is -3.74. The molecule has 4 rings (SSSR count). The van der Waals surface area contributed by atoms with Crippen molar-refractivity contribution < 1.29 is 23.8 Å². The molecular weight excluding hydrogens is 432 g/mol. The number of rotatable bonds is 8. The van der Waals surface area contributed by atoms with E-state index >= 15 is 0 Å². The Labute approximate surface area is 199 Å². The van der Waals surface area contributed by atoms with E-state index in [0.29, 0.717) is 43.3 Å². The number of likely N-dealkylation sites (tertiary alicyclic amines) is 1. The van der Waals surface area contributed by atoms with Crippen LogP contribution >= 0.6 is 0 Å². The first-order valence-corrected chi connectivity index (χ1v) is 11.4. The summed E-state index contributed by atoms with van der Waals surface area (Å²) < 4.78 is 16.4. The number of fused-ring (bicyclic) bond motifs is 1. The molecule has 0 aromatic heterocycles. The van der Waals surface area contributed by atoms with E-state index in [-0.39, 0.29) is 17.7 Å². The number of hydrogen-bond acceptors (Lipinski definition) is 5. The Kier molecular flexibility index (Phi) is 6.91. The molecule has 0 saturated carbocycles. The molecule has 7 heteroatoms. The SMILES string of the molecule is CCNC(=O)C1CN(C(=O)Cc2ccc3cc(-c4cc(OC)c(OC)c(OC)c4)ccc3c2)C1. The Morgan fingerprint density at radius 3 is 2.15 bits per heavy atom. The molecule has 2 amide bonds. The van der Waals surface area contributed by atoms with Crippen LogP contribution in [0.2, 0.25) is 0 Å². The minimum atomic E-state index is -0.0888. The maximum atomic E-state index is 12.6. The topological polar surface area (TPSA) is 77.1 Å². The van der Waals surface area contributed by atoms with Gasteiger partial charge in [-0.05, 0) is 52.6 Å². The molecule has 0 aliphatic carbocycles. The van der Waals surface area contributed by atoms with E-state index in [0.717, 1.165) is 27.5 Å². The molecule has 7 nitrogen and oxygen atoms in total. The predicted molar refractivity (Wildman–Crippen MR) is 131 cm³/mol. The predicted octanol–water partition coefficient (Wildman–Crippen LogP) is 3.67. The van der Waals surface area contributed by atoms with Crippen molar-refractivity contribution in [2.75, 3.05) is 41.0 Å². The third kappa shape index (κ3) is 4.64. The zero-order valence-corrected chi connectivity index (χ0v) is 20.0. The van der Waals surface area contributed by atoms with Crippen LogP contribution in [-0.4, -0.2) is 57.7 Å². The highest BCUT2D eigenvalue weighted by molar-refractivity contribution is 5.90. The first kappa shape index (κ1) is 23.4. The third-order valence-electron chi connectivity index (χ3n) is 6.21. The third-order valence-corrected chi connectivity index (χ3v) is 6.21. The molecule has 0 unspecified atom stereocenters. The van der Waals surface area contributed by atoms with Gasteiger partial charge in [0, 0.05) is 19.6 Å². The average Bonchev–Trinajstić information content (AvgIpc) is 2.81. The number of benzene rings is 3. The number of nitrogens with zero attached hydrogens (tertiary/aromatic N) is 1. The van der Waals surface area contributed by atoms with Crippen LogP contribution in [0.4, 0.5) is 0 Å². The van der Waals surface area contributed by atoms with Gasteiger partial charge < -0.3 is 24.4 Å². The summed E-state index contributed by atoms with van der Waals surface area (Å²) in [7, 11) is 4.79. The summed E-state index contributed by atoms with van der Waals surface area (Å²) in [5.41, 5.74) is 2.93. The molecule has 1 N–H and O–H groups in total. The molecule has 1 aliphatic heterocycles. The second-order valence-electron chi connectivity index (χ2n) is 8.38. The van der Waals surface area contributed by atoms with Gasteiger partial charge in [-0.15, -0.1) is 0 Å². The molecule has 1 heterocycles. The molecule has 3 aromatic carbocycles. The highest BCUT2D eigenvalue weighted by atomic mass is 16.5. The number of ether oxygens (including phenoxy) is 3. The molecule has 1 aliphatic rings. The molecule has 178 valence electrons. The summed E-state index contributed by atoms with van der Waals surface area (Å²) >= 11 is 0. The van der Waals surface area contributed by atoms with Crippen molar-refractivity contribution in [1.29, 1.82) is 0 Å². The lowest BCUT2D eigenvalue weighted by Crippen LogP contribution is -2.56. The van der Waals surface area contributed by atoms with E-state index in [1.54, 1.807) is 26.2 Å². The van der Waals surface area contributed by atoms with Crippen LogP contribution in [0.1, 0.15) is 12.5 Å². The number of hydrogen-bond donors (Lipinski definition) is 1. The Morgan fingerprint density at radius 2 is 1.53 bits per heavy atom. The molecule has 0 radical (unpaired) electrons. The van der Waals surface area contributed by atoms with Crippen LogP contribution in [0.3, 0.4) is 0 Å². The van der Waals surface area contributed by atoms with Gasteiger partial charge >= 0.3 is 0 Å². The summed E-state index contributed by atoms with van der Waals surface area (Å²) in [5, 5.41) is 4.95. The van der Waals surface area contributed by atoms with Gasteiger partial charge in [-0.1, -0.05) is 30.3 Å². The molecule has 0 bridgehead atoms. The quantitative estimate of drug-likeness (QED) is 0.553. The summed E-state index contributed by atoms with van der Waals surface area (Å²) in [5.74, 6) is 1.75. The van der Waals surface area contributed by atoms with E-state index in [1.807, 2.05) is 43.3 Å². The zero-order chi connectivity index (χ0) is 24.2. The zero-order valence-electron chi connectivity index (χ0n) is 20.0. The Balaban J connectivity index is 1.50. The highest BCUT2D eigenvalue weighted by Crippen LogP contribution is 2.41. The number of methoxy groups -OCH3 is 3. The van der Waals surface area contributed by atoms with E-state index in [4.69, 9.17) is 14.2 Å². The van der Waals surface area contributed by atoms with Crippen molar-refractivity contribution in [3.05, 3.63) is 54.1 Å². The van der Waals surface area contributed by atoms with Gasteiger partial charge in [-0.3, -0.25) is 9.59 Å². The lowest BCUT2D eigenvalue weighted by atomic mass is 9.96. The Bertz CT molecular complexity index is 1190. The maximum Gasteiger partial charge on any atom is 0.227 e. The fourth-order valence-corrected chi connectivity index (χ4v) is 4.29. The Morgan fingerprint density at radius 1 is 0.882 bits per heavy atom. The standard InChI is InChI=1S/C27H30N2O5/c1-5-28-27(31)22-15-29(16-22)25(30)11-17-6-7-19-12-20(9-8-18(19)10-17)21-13-23(32-2)26(34-4)24(14-21)33-3/h6-10,12-14,22H,5,11,15-16H2,1-4H3,(H,28,31). The van der Waals surface area contributed by atoms with Crippen LogP contribution in [0.15, 0.2) is 48.5 Å². The van der Waals surface area contributed by atoms with Crippen LogP contribution in [-0.2, 0) is 16.0 Å². The maximum absolute atomic E-state index is 12.6. The second kappa shape index (κ2) is 10.0.